The Balaban J connectivity index is 1.87. The van der Waals surface area contributed by atoms with Crippen molar-refractivity contribution in [3.8, 4) is 0 Å². The molecule has 0 aliphatic carbocycles. The highest BCUT2D eigenvalue weighted by molar-refractivity contribution is 5.83. The van der Waals surface area contributed by atoms with Crippen LogP contribution in [-0.2, 0) is 22.6 Å². The van der Waals surface area contributed by atoms with Crippen LogP contribution in [0, 0.1) is 12.7 Å². The lowest BCUT2D eigenvalue weighted by Crippen LogP contribution is -2.40. The minimum Gasteiger partial charge on any atom is -0.354 e. The Labute approximate surface area is 147 Å². The van der Waals surface area contributed by atoms with E-state index in [4.69, 9.17) is 0 Å². The van der Waals surface area contributed by atoms with Crippen LogP contribution in [0.1, 0.15) is 23.6 Å². The second-order valence-corrected chi connectivity index (χ2v) is 5.99. The van der Waals surface area contributed by atoms with Gasteiger partial charge in [-0.2, -0.15) is 0 Å². The lowest BCUT2D eigenvalue weighted by molar-refractivity contribution is -0.134. The quantitative estimate of drug-likeness (QED) is 0.841. The van der Waals surface area contributed by atoms with Gasteiger partial charge in [0.05, 0.1) is 6.54 Å². The highest BCUT2D eigenvalue weighted by Crippen LogP contribution is 2.10. The van der Waals surface area contributed by atoms with Gasteiger partial charge >= 0.3 is 0 Å². The molecule has 0 unspecified atom stereocenters. The van der Waals surface area contributed by atoms with Crippen molar-refractivity contribution in [3.05, 3.63) is 71.0 Å². The Morgan fingerprint density at radius 2 is 1.68 bits per heavy atom. The fourth-order valence-corrected chi connectivity index (χ4v) is 2.54. The average molecular weight is 342 g/mol. The number of nitrogens with one attached hydrogen (secondary N) is 1. The number of carbonyl (C=O) groups excluding carboxylic acids is 2. The van der Waals surface area contributed by atoms with E-state index in [0.29, 0.717) is 25.1 Å². The van der Waals surface area contributed by atoms with Crippen LogP contribution in [-0.4, -0.2) is 29.8 Å². The molecule has 0 aromatic heterocycles. The molecule has 0 aliphatic heterocycles. The molecular weight excluding hydrogens is 319 g/mol. The summed E-state index contributed by atoms with van der Waals surface area (Å²) < 4.78 is 13.5. The number of nitrogens with zero attached hydrogens (tertiary/aromatic N) is 1. The summed E-state index contributed by atoms with van der Waals surface area (Å²) in [5, 5.41) is 2.74. The Hall–Kier alpha value is -2.69. The third-order valence-corrected chi connectivity index (χ3v) is 4.08. The van der Waals surface area contributed by atoms with Gasteiger partial charge in [0, 0.05) is 20.0 Å². The van der Waals surface area contributed by atoms with Gasteiger partial charge in [0.2, 0.25) is 11.8 Å². The molecule has 2 aromatic carbocycles. The van der Waals surface area contributed by atoms with E-state index in [1.807, 2.05) is 31.2 Å². The monoisotopic (exact) mass is 342 g/mol. The number of aryl methyl sites for hydroxylation is 1. The van der Waals surface area contributed by atoms with E-state index in [0.717, 1.165) is 11.1 Å². The molecule has 2 amide bonds. The van der Waals surface area contributed by atoms with Crippen LogP contribution in [0.3, 0.4) is 0 Å². The zero-order chi connectivity index (χ0) is 18.2. The van der Waals surface area contributed by atoms with E-state index < -0.39 is 0 Å². The highest BCUT2D eigenvalue weighted by atomic mass is 19.1. The van der Waals surface area contributed by atoms with Gasteiger partial charge in [0.1, 0.15) is 5.82 Å². The second kappa shape index (κ2) is 8.97. The summed E-state index contributed by atoms with van der Waals surface area (Å²) in [4.78, 5) is 25.4. The molecular formula is C20H23FN2O2. The first kappa shape index (κ1) is 18.6. The Morgan fingerprint density at radius 3 is 2.32 bits per heavy atom. The lowest BCUT2D eigenvalue weighted by atomic mass is 10.1. The molecule has 132 valence electrons. The standard InChI is InChI=1S/C20H23FN2O2/c1-15-7-3-4-9-18(15)13-23(16(2)24)14-20(25)22-12-11-17-8-5-6-10-19(17)21/h3-10H,11-14H2,1-2H3,(H,22,25). The predicted molar refractivity (Wildman–Crippen MR) is 95.4 cm³/mol. The van der Waals surface area contributed by atoms with Crippen molar-refractivity contribution >= 4 is 11.8 Å². The molecule has 25 heavy (non-hydrogen) atoms. The lowest BCUT2D eigenvalue weighted by Gasteiger charge is -2.21. The van der Waals surface area contributed by atoms with Crippen LogP contribution >= 0.6 is 0 Å². The van der Waals surface area contributed by atoms with Gasteiger partial charge in [-0.1, -0.05) is 42.5 Å². The van der Waals surface area contributed by atoms with Gasteiger partial charge < -0.3 is 10.2 Å². The summed E-state index contributed by atoms with van der Waals surface area (Å²) in [5.41, 5.74) is 2.65. The summed E-state index contributed by atoms with van der Waals surface area (Å²) in [7, 11) is 0. The van der Waals surface area contributed by atoms with Crippen molar-refractivity contribution < 1.29 is 14.0 Å². The van der Waals surface area contributed by atoms with Gasteiger partial charge in [0.25, 0.3) is 0 Å². The number of hydrogen-bond acceptors (Lipinski definition) is 2. The molecule has 0 fully saturated rings. The summed E-state index contributed by atoms with van der Waals surface area (Å²) in [6.45, 7) is 4.13. The van der Waals surface area contributed by atoms with Gasteiger partial charge in [-0.05, 0) is 36.1 Å². The molecule has 2 rings (SSSR count). The third-order valence-electron chi connectivity index (χ3n) is 4.08. The maximum atomic E-state index is 13.5. The van der Waals surface area contributed by atoms with Gasteiger partial charge in [-0.25, -0.2) is 4.39 Å². The van der Waals surface area contributed by atoms with E-state index in [-0.39, 0.29) is 24.2 Å². The average Bonchev–Trinajstić information content (AvgIpc) is 2.58. The Morgan fingerprint density at radius 1 is 1.04 bits per heavy atom. The third kappa shape index (κ3) is 5.71. The van der Waals surface area contributed by atoms with Gasteiger partial charge in [-0.15, -0.1) is 0 Å². The minimum absolute atomic E-state index is 0.0130. The minimum atomic E-state index is -0.276. The number of carbonyl (C=O) groups is 2. The van der Waals surface area contributed by atoms with E-state index >= 15 is 0 Å². The van der Waals surface area contributed by atoms with Gasteiger partial charge in [-0.3, -0.25) is 9.59 Å². The van der Waals surface area contributed by atoms with Crippen molar-refractivity contribution in [1.82, 2.24) is 10.2 Å². The maximum Gasteiger partial charge on any atom is 0.239 e. The van der Waals surface area contributed by atoms with E-state index in [9.17, 15) is 14.0 Å². The maximum absolute atomic E-state index is 13.5. The second-order valence-electron chi connectivity index (χ2n) is 5.99. The van der Waals surface area contributed by atoms with Crippen molar-refractivity contribution in [2.75, 3.05) is 13.1 Å². The summed E-state index contributed by atoms with van der Waals surface area (Å²) in [5.74, 6) is -0.686. The summed E-state index contributed by atoms with van der Waals surface area (Å²) >= 11 is 0. The van der Waals surface area contributed by atoms with Crippen molar-refractivity contribution in [3.63, 3.8) is 0 Å². The molecule has 0 aliphatic rings. The van der Waals surface area contributed by atoms with Crippen LogP contribution in [0.15, 0.2) is 48.5 Å². The number of halogens is 1. The highest BCUT2D eigenvalue weighted by Gasteiger charge is 2.15. The summed E-state index contributed by atoms with van der Waals surface area (Å²) in [6, 6.07) is 14.3. The fraction of sp³-hybridized carbons (Fsp3) is 0.300. The molecule has 2 aromatic rings. The number of rotatable bonds is 7. The molecule has 0 saturated carbocycles. The first-order valence-corrected chi connectivity index (χ1v) is 8.27. The molecule has 4 nitrogen and oxygen atoms in total. The molecule has 0 radical (unpaired) electrons. The van der Waals surface area contributed by atoms with Crippen LogP contribution < -0.4 is 5.32 Å². The first-order valence-electron chi connectivity index (χ1n) is 8.27. The Kier molecular flexibility index (Phi) is 6.69. The zero-order valence-electron chi connectivity index (χ0n) is 14.6. The van der Waals surface area contributed by atoms with E-state index in [1.165, 1.54) is 17.9 Å². The number of hydrogen-bond donors (Lipinski definition) is 1. The molecule has 0 saturated heterocycles. The smallest absolute Gasteiger partial charge is 0.239 e. The summed E-state index contributed by atoms with van der Waals surface area (Å²) in [6.07, 6.45) is 0.413. The van der Waals surface area contributed by atoms with E-state index in [2.05, 4.69) is 5.32 Å². The van der Waals surface area contributed by atoms with Crippen molar-refractivity contribution in [2.45, 2.75) is 26.8 Å². The number of benzene rings is 2. The molecule has 1 N–H and O–H groups in total. The molecule has 0 atom stereocenters. The van der Waals surface area contributed by atoms with Crippen molar-refractivity contribution in [2.24, 2.45) is 0 Å². The first-order chi connectivity index (χ1) is 12.0. The topological polar surface area (TPSA) is 49.4 Å². The van der Waals surface area contributed by atoms with Crippen LogP contribution in [0.5, 0.6) is 0 Å². The van der Waals surface area contributed by atoms with Crippen LogP contribution in [0.4, 0.5) is 4.39 Å². The van der Waals surface area contributed by atoms with Crippen LogP contribution in [0.2, 0.25) is 0 Å². The van der Waals surface area contributed by atoms with Gasteiger partial charge in [0.15, 0.2) is 0 Å². The molecule has 0 spiro atoms. The number of amides is 2. The molecule has 0 bridgehead atoms. The Bertz CT molecular complexity index is 746. The normalized spacial score (nSPS) is 10.4. The molecule has 5 heteroatoms. The largest absolute Gasteiger partial charge is 0.354 e. The SMILES string of the molecule is CC(=O)N(CC(=O)NCCc1ccccc1F)Cc1ccccc1C. The molecule has 0 heterocycles. The van der Waals surface area contributed by atoms with Crippen LogP contribution in [0.25, 0.3) is 0 Å². The van der Waals surface area contributed by atoms with E-state index in [1.54, 1.807) is 18.2 Å². The predicted octanol–water partition coefficient (Wildman–Crippen LogP) is 2.84. The fourth-order valence-electron chi connectivity index (χ4n) is 2.54. The zero-order valence-corrected chi connectivity index (χ0v) is 14.6. The van der Waals surface area contributed by atoms with Crippen molar-refractivity contribution in [1.29, 1.82) is 0 Å².